The molecule has 0 fully saturated rings. The van der Waals surface area contributed by atoms with Crippen molar-refractivity contribution in [1.29, 1.82) is 0 Å². The average Bonchev–Trinajstić information content (AvgIpc) is 1.61. The molecule has 1 radical (unpaired) electrons. The summed E-state index contributed by atoms with van der Waals surface area (Å²) < 4.78 is 4.84. The van der Waals surface area contributed by atoms with Gasteiger partial charge in [0.25, 0.3) is 0 Å². The standard InChI is InChI=1S/C5H12NO/c1-3-4-7-5(2)6/h4-5H,3,6H2,1-2H3. The van der Waals surface area contributed by atoms with Crippen molar-refractivity contribution in [2.75, 3.05) is 0 Å². The van der Waals surface area contributed by atoms with Gasteiger partial charge in [0.2, 0.25) is 0 Å². The molecule has 0 aliphatic carbocycles. The van der Waals surface area contributed by atoms with E-state index in [9.17, 15) is 0 Å². The molecule has 2 heteroatoms. The van der Waals surface area contributed by atoms with Gasteiger partial charge in [0, 0.05) is 0 Å². The second-order valence-electron chi connectivity index (χ2n) is 1.42. The van der Waals surface area contributed by atoms with Crippen LogP contribution in [0.5, 0.6) is 0 Å². The molecule has 0 aromatic carbocycles. The summed E-state index contributed by atoms with van der Waals surface area (Å²) >= 11 is 0. The minimum Gasteiger partial charge on any atom is -0.358 e. The smallest absolute Gasteiger partial charge is 0.103 e. The first-order chi connectivity index (χ1) is 3.27. The lowest BCUT2D eigenvalue weighted by atomic mass is 10.5. The first-order valence-corrected chi connectivity index (χ1v) is 2.50. The summed E-state index contributed by atoms with van der Waals surface area (Å²) in [5, 5.41) is 0. The van der Waals surface area contributed by atoms with Gasteiger partial charge in [0.1, 0.15) is 6.23 Å². The van der Waals surface area contributed by atoms with Crippen LogP contribution >= 0.6 is 0 Å². The van der Waals surface area contributed by atoms with E-state index in [1.807, 2.05) is 6.92 Å². The van der Waals surface area contributed by atoms with Crippen LogP contribution in [0.1, 0.15) is 20.3 Å². The van der Waals surface area contributed by atoms with Crippen molar-refractivity contribution in [2.24, 2.45) is 5.73 Å². The van der Waals surface area contributed by atoms with E-state index in [1.54, 1.807) is 13.5 Å². The maximum absolute atomic E-state index is 5.22. The number of hydrogen-bond acceptors (Lipinski definition) is 2. The van der Waals surface area contributed by atoms with Gasteiger partial charge in [0.05, 0.1) is 6.61 Å². The highest BCUT2D eigenvalue weighted by molar-refractivity contribution is 4.45. The summed E-state index contributed by atoms with van der Waals surface area (Å²) in [6.45, 7) is 5.50. The molecule has 0 saturated heterocycles. The fraction of sp³-hybridized carbons (Fsp3) is 0.800. The van der Waals surface area contributed by atoms with Gasteiger partial charge in [-0.15, -0.1) is 0 Å². The van der Waals surface area contributed by atoms with Gasteiger partial charge in [-0.1, -0.05) is 6.92 Å². The Morgan fingerprint density at radius 2 is 2.43 bits per heavy atom. The topological polar surface area (TPSA) is 35.2 Å². The summed E-state index contributed by atoms with van der Waals surface area (Å²) in [7, 11) is 0. The molecule has 1 atom stereocenters. The largest absolute Gasteiger partial charge is 0.358 e. The second-order valence-corrected chi connectivity index (χ2v) is 1.42. The third-order valence-electron chi connectivity index (χ3n) is 0.478. The van der Waals surface area contributed by atoms with Crippen molar-refractivity contribution in [3.8, 4) is 0 Å². The van der Waals surface area contributed by atoms with Crippen LogP contribution in [0.2, 0.25) is 0 Å². The van der Waals surface area contributed by atoms with Crippen molar-refractivity contribution in [3.63, 3.8) is 0 Å². The van der Waals surface area contributed by atoms with Crippen LogP contribution in [-0.4, -0.2) is 6.23 Å². The zero-order chi connectivity index (χ0) is 5.70. The van der Waals surface area contributed by atoms with Crippen LogP contribution in [0.25, 0.3) is 0 Å². The molecule has 0 spiro atoms. The van der Waals surface area contributed by atoms with E-state index in [0.29, 0.717) is 0 Å². The predicted molar refractivity (Wildman–Crippen MR) is 29.3 cm³/mol. The molecule has 0 amide bonds. The minimum absolute atomic E-state index is 0.153. The van der Waals surface area contributed by atoms with Gasteiger partial charge < -0.3 is 10.5 Å². The van der Waals surface area contributed by atoms with Gasteiger partial charge in [-0.25, -0.2) is 0 Å². The normalized spacial score (nSPS) is 14.1. The Bertz CT molecular complexity index is 37.1. The predicted octanol–water partition coefficient (Wildman–Crippen LogP) is 0.879. The molecule has 7 heavy (non-hydrogen) atoms. The van der Waals surface area contributed by atoms with E-state index in [-0.39, 0.29) is 6.23 Å². The summed E-state index contributed by atoms with van der Waals surface area (Å²) in [6.07, 6.45) is 0.765. The monoisotopic (exact) mass is 102 g/mol. The van der Waals surface area contributed by atoms with Gasteiger partial charge in [-0.2, -0.15) is 0 Å². The number of nitrogens with two attached hydrogens (primary N) is 1. The molecule has 0 aromatic rings. The summed E-state index contributed by atoms with van der Waals surface area (Å²) in [4.78, 5) is 0. The Kier molecular flexibility index (Phi) is 4.04. The fourth-order valence-electron chi connectivity index (χ4n) is 0.248. The lowest BCUT2D eigenvalue weighted by molar-refractivity contribution is 0.122. The second kappa shape index (κ2) is 4.09. The fourth-order valence-corrected chi connectivity index (χ4v) is 0.248. The van der Waals surface area contributed by atoms with E-state index in [2.05, 4.69) is 0 Å². The molecule has 43 valence electrons. The van der Waals surface area contributed by atoms with Gasteiger partial charge in [-0.05, 0) is 13.3 Å². The van der Waals surface area contributed by atoms with Gasteiger partial charge in [0.15, 0.2) is 0 Å². The Balaban J connectivity index is 2.68. The van der Waals surface area contributed by atoms with Crippen molar-refractivity contribution in [2.45, 2.75) is 26.5 Å². The van der Waals surface area contributed by atoms with Crippen LogP contribution in [0.15, 0.2) is 0 Å². The van der Waals surface area contributed by atoms with E-state index >= 15 is 0 Å². The lowest BCUT2D eigenvalue weighted by Gasteiger charge is -2.02. The molecule has 0 aliphatic heterocycles. The van der Waals surface area contributed by atoms with Crippen LogP contribution in [0.4, 0.5) is 0 Å². The summed E-state index contributed by atoms with van der Waals surface area (Å²) in [6, 6.07) is 0. The first kappa shape index (κ1) is 6.92. The Morgan fingerprint density at radius 3 is 2.57 bits per heavy atom. The third kappa shape index (κ3) is 5.92. The van der Waals surface area contributed by atoms with Crippen LogP contribution in [0, 0.1) is 6.61 Å². The number of hydrogen-bond donors (Lipinski definition) is 1. The number of ether oxygens (including phenoxy) is 1. The van der Waals surface area contributed by atoms with Crippen molar-refractivity contribution < 1.29 is 4.74 Å². The molecule has 0 aromatic heterocycles. The van der Waals surface area contributed by atoms with E-state index in [4.69, 9.17) is 10.5 Å². The highest BCUT2D eigenvalue weighted by Crippen LogP contribution is 1.88. The summed E-state index contributed by atoms with van der Waals surface area (Å²) in [5.74, 6) is 0. The molecule has 0 saturated carbocycles. The van der Waals surface area contributed by atoms with Crippen molar-refractivity contribution >= 4 is 0 Å². The van der Waals surface area contributed by atoms with Gasteiger partial charge >= 0.3 is 0 Å². The molecule has 0 heterocycles. The highest BCUT2D eigenvalue weighted by atomic mass is 16.5. The van der Waals surface area contributed by atoms with Crippen LogP contribution in [0.3, 0.4) is 0 Å². The maximum atomic E-state index is 5.22. The number of rotatable bonds is 3. The Hall–Kier alpha value is -0.0800. The van der Waals surface area contributed by atoms with Crippen molar-refractivity contribution in [3.05, 3.63) is 6.61 Å². The quantitative estimate of drug-likeness (QED) is 0.537. The first-order valence-electron chi connectivity index (χ1n) is 2.50. The Morgan fingerprint density at radius 1 is 1.86 bits per heavy atom. The van der Waals surface area contributed by atoms with Crippen LogP contribution in [-0.2, 0) is 4.74 Å². The molecule has 0 bridgehead atoms. The molecule has 2 N–H and O–H groups in total. The van der Waals surface area contributed by atoms with Gasteiger partial charge in [-0.3, -0.25) is 0 Å². The van der Waals surface area contributed by atoms with E-state index in [0.717, 1.165) is 6.42 Å². The van der Waals surface area contributed by atoms with Crippen molar-refractivity contribution in [1.82, 2.24) is 0 Å². The zero-order valence-corrected chi connectivity index (χ0v) is 4.85. The van der Waals surface area contributed by atoms with Crippen LogP contribution < -0.4 is 5.73 Å². The molecule has 0 rings (SSSR count). The lowest BCUT2D eigenvalue weighted by Crippen LogP contribution is -2.17. The molecule has 1 unspecified atom stereocenters. The molecule has 2 nitrogen and oxygen atoms in total. The molecule has 0 aliphatic rings. The average molecular weight is 102 g/mol. The third-order valence-corrected chi connectivity index (χ3v) is 0.478. The SMILES string of the molecule is CC[CH]OC(C)N. The maximum Gasteiger partial charge on any atom is 0.103 e. The zero-order valence-electron chi connectivity index (χ0n) is 4.85. The molecular weight excluding hydrogens is 90.1 g/mol. The van der Waals surface area contributed by atoms with E-state index in [1.165, 1.54) is 0 Å². The minimum atomic E-state index is -0.153. The highest BCUT2D eigenvalue weighted by Gasteiger charge is 1.87. The van der Waals surface area contributed by atoms with E-state index < -0.39 is 0 Å². The summed E-state index contributed by atoms with van der Waals surface area (Å²) in [5.41, 5.74) is 5.22. The molecular formula is C5H12NO. The Labute approximate surface area is 44.7 Å².